The second-order valence-electron chi connectivity index (χ2n) is 4.12. The third kappa shape index (κ3) is 4.06. The summed E-state index contributed by atoms with van der Waals surface area (Å²) in [6.45, 7) is 3.47. The Kier molecular flexibility index (Phi) is 4.92. The Bertz CT molecular complexity index is 533. The first-order valence-corrected chi connectivity index (χ1v) is 7.21. The molecular weight excluding hydrogens is 256 g/mol. The van der Waals surface area contributed by atoms with E-state index < -0.39 is 0 Å². The lowest BCUT2D eigenvalue weighted by Gasteiger charge is -2.01. The topological polar surface area (TPSA) is 63.3 Å². The monoisotopic (exact) mass is 274 g/mol. The molecule has 0 saturated carbocycles. The van der Waals surface area contributed by atoms with Crippen molar-refractivity contribution in [1.82, 2.24) is 10.3 Å². The van der Waals surface area contributed by atoms with Gasteiger partial charge >= 0.3 is 0 Å². The number of aromatic nitrogens is 1. The van der Waals surface area contributed by atoms with Crippen LogP contribution in [0.3, 0.4) is 0 Å². The summed E-state index contributed by atoms with van der Waals surface area (Å²) in [5, 5.41) is 6.07. The van der Waals surface area contributed by atoms with Crippen molar-refractivity contribution in [1.29, 1.82) is 0 Å². The molecule has 1 aromatic carbocycles. The Morgan fingerprint density at radius 2 is 2.16 bits per heavy atom. The molecule has 1 aromatic heterocycles. The van der Waals surface area contributed by atoms with Crippen LogP contribution in [-0.4, -0.2) is 17.5 Å². The third-order valence-corrected chi connectivity index (χ3v) is 3.40. The van der Waals surface area contributed by atoms with E-state index in [9.17, 15) is 0 Å². The summed E-state index contributed by atoms with van der Waals surface area (Å²) in [5.74, 6) is 0.485. The number of hydrogen-bond donors (Lipinski definition) is 2. The number of rotatable bonds is 5. The molecule has 0 bridgehead atoms. The van der Waals surface area contributed by atoms with Gasteiger partial charge < -0.3 is 11.1 Å². The van der Waals surface area contributed by atoms with Gasteiger partial charge in [-0.05, 0) is 6.42 Å². The lowest BCUT2D eigenvalue weighted by atomic mass is 10.2. The summed E-state index contributed by atoms with van der Waals surface area (Å²) in [5.41, 5.74) is 7.87. The van der Waals surface area contributed by atoms with Crippen LogP contribution in [0.4, 0.5) is 0 Å². The summed E-state index contributed by atoms with van der Waals surface area (Å²) >= 11 is 1.61. The van der Waals surface area contributed by atoms with Crippen LogP contribution in [0.2, 0.25) is 0 Å². The number of nitrogens with one attached hydrogen (secondary N) is 1. The standard InChI is InChI=1S/C14H18N4S/c1-2-8-16-14(15)17-9-13-18-12(10-19-13)11-6-4-3-5-7-11/h3-7,10H,2,8-9H2,1H3,(H3,15,16,17). The van der Waals surface area contributed by atoms with Crippen LogP contribution >= 0.6 is 11.3 Å². The van der Waals surface area contributed by atoms with Crippen molar-refractivity contribution in [2.75, 3.05) is 6.54 Å². The highest BCUT2D eigenvalue weighted by molar-refractivity contribution is 7.09. The van der Waals surface area contributed by atoms with Crippen molar-refractivity contribution >= 4 is 17.3 Å². The molecule has 0 fully saturated rings. The maximum Gasteiger partial charge on any atom is 0.189 e. The molecule has 2 aromatic rings. The van der Waals surface area contributed by atoms with Gasteiger partial charge in [0.25, 0.3) is 0 Å². The molecule has 0 unspecified atom stereocenters. The number of aliphatic imine (C=N–C) groups is 1. The number of benzene rings is 1. The van der Waals surface area contributed by atoms with Gasteiger partial charge in [-0.1, -0.05) is 37.3 Å². The molecule has 4 nitrogen and oxygen atoms in total. The highest BCUT2D eigenvalue weighted by atomic mass is 32.1. The predicted molar refractivity (Wildman–Crippen MR) is 81.2 cm³/mol. The minimum atomic E-state index is 0.485. The fraction of sp³-hybridized carbons (Fsp3) is 0.286. The van der Waals surface area contributed by atoms with Crippen LogP contribution in [0.15, 0.2) is 40.7 Å². The van der Waals surface area contributed by atoms with Crippen LogP contribution in [0.1, 0.15) is 18.4 Å². The zero-order valence-corrected chi connectivity index (χ0v) is 11.8. The first kappa shape index (κ1) is 13.5. The Labute approximate surface area is 117 Å². The van der Waals surface area contributed by atoms with E-state index in [-0.39, 0.29) is 0 Å². The molecule has 0 spiro atoms. The van der Waals surface area contributed by atoms with Gasteiger partial charge in [0.05, 0.1) is 12.2 Å². The van der Waals surface area contributed by atoms with Crippen molar-refractivity contribution in [2.45, 2.75) is 19.9 Å². The molecular formula is C14H18N4S. The molecule has 100 valence electrons. The van der Waals surface area contributed by atoms with Crippen molar-refractivity contribution in [3.63, 3.8) is 0 Å². The molecule has 1 heterocycles. The van der Waals surface area contributed by atoms with E-state index in [4.69, 9.17) is 5.73 Å². The molecule has 0 atom stereocenters. The van der Waals surface area contributed by atoms with E-state index in [2.05, 4.69) is 39.7 Å². The number of nitrogens with two attached hydrogens (primary N) is 1. The average Bonchev–Trinajstić information content (AvgIpc) is 2.93. The van der Waals surface area contributed by atoms with Gasteiger partial charge in [-0.25, -0.2) is 9.98 Å². The van der Waals surface area contributed by atoms with E-state index in [0.717, 1.165) is 29.2 Å². The van der Waals surface area contributed by atoms with E-state index in [1.54, 1.807) is 11.3 Å². The molecule has 5 heteroatoms. The number of hydrogen-bond acceptors (Lipinski definition) is 3. The largest absolute Gasteiger partial charge is 0.370 e. The minimum Gasteiger partial charge on any atom is -0.370 e. The normalized spacial score (nSPS) is 11.5. The Morgan fingerprint density at radius 1 is 1.37 bits per heavy atom. The Morgan fingerprint density at radius 3 is 2.89 bits per heavy atom. The maximum absolute atomic E-state index is 5.74. The summed E-state index contributed by atoms with van der Waals surface area (Å²) in [6, 6.07) is 10.1. The van der Waals surface area contributed by atoms with E-state index >= 15 is 0 Å². The zero-order valence-electron chi connectivity index (χ0n) is 11.0. The fourth-order valence-corrected chi connectivity index (χ4v) is 2.31. The highest BCUT2D eigenvalue weighted by Gasteiger charge is 2.03. The molecule has 0 aliphatic carbocycles. The average molecular weight is 274 g/mol. The van der Waals surface area contributed by atoms with Crippen molar-refractivity contribution < 1.29 is 0 Å². The van der Waals surface area contributed by atoms with Crippen LogP contribution < -0.4 is 11.1 Å². The van der Waals surface area contributed by atoms with Crippen LogP contribution in [0, 0.1) is 0 Å². The molecule has 0 saturated heterocycles. The van der Waals surface area contributed by atoms with E-state index in [1.807, 2.05) is 18.2 Å². The van der Waals surface area contributed by atoms with Gasteiger partial charge in [-0.3, -0.25) is 0 Å². The molecule has 0 aliphatic heterocycles. The van der Waals surface area contributed by atoms with Crippen molar-refractivity contribution in [3.05, 3.63) is 40.7 Å². The predicted octanol–water partition coefficient (Wildman–Crippen LogP) is 2.62. The quantitative estimate of drug-likeness (QED) is 0.651. The Balaban J connectivity index is 1.98. The Hall–Kier alpha value is -1.88. The van der Waals surface area contributed by atoms with Gasteiger partial charge in [-0.15, -0.1) is 11.3 Å². The lowest BCUT2D eigenvalue weighted by Crippen LogP contribution is -2.32. The summed E-state index contributed by atoms with van der Waals surface area (Å²) in [7, 11) is 0. The summed E-state index contributed by atoms with van der Waals surface area (Å²) in [6.07, 6.45) is 1.03. The number of nitrogens with zero attached hydrogens (tertiary/aromatic N) is 2. The van der Waals surface area contributed by atoms with Gasteiger partial charge in [0.2, 0.25) is 0 Å². The maximum atomic E-state index is 5.74. The molecule has 0 amide bonds. The van der Waals surface area contributed by atoms with E-state index in [1.165, 1.54) is 0 Å². The second kappa shape index (κ2) is 6.89. The van der Waals surface area contributed by atoms with Crippen molar-refractivity contribution in [2.24, 2.45) is 10.7 Å². The lowest BCUT2D eigenvalue weighted by molar-refractivity contribution is 0.825. The zero-order chi connectivity index (χ0) is 13.5. The van der Waals surface area contributed by atoms with E-state index in [0.29, 0.717) is 12.5 Å². The molecule has 19 heavy (non-hydrogen) atoms. The first-order chi connectivity index (χ1) is 9.29. The number of thiazole rings is 1. The third-order valence-electron chi connectivity index (χ3n) is 2.56. The fourth-order valence-electron chi connectivity index (χ4n) is 1.59. The van der Waals surface area contributed by atoms with Crippen LogP contribution in [0.25, 0.3) is 11.3 Å². The van der Waals surface area contributed by atoms with Crippen LogP contribution in [0.5, 0.6) is 0 Å². The molecule has 3 N–H and O–H groups in total. The SMILES string of the molecule is CCCNC(N)=NCc1nc(-c2ccccc2)cs1. The minimum absolute atomic E-state index is 0.485. The smallest absolute Gasteiger partial charge is 0.189 e. The molecule has 0 aliphatic rings. The molecule has 2 rings (SSSR count). The summed E-state index contributed by atoms with van der Waals surface area (Å²) < 4.78 is 0. The molecule has 0 radical (unpaired) electrons. The van der Waals surface area contributed by atoms with Crippen LogP contribution in [-0.2, 0) is 6.54 Å². The van der Waals surface area contributed by atoms with Crippen molar-refractivity contribution in [3.8, 4) is 11.3 Å². The van der Waals surface area contributed by atoms with Gasteiger partial charge in [0.1, 0.15) is 5.01 Å². The second-order valence-corrected chi connectivity index (χ2v) is 5.06. The first-order valence-electron chi connectivity index (χ1n) is 6.33. The number of guanidine groups is 1. The van der Waals surface area contributed by atoms with Gasteiger partial charge in [0.15, 0.2) is 5.96 Å². The highest BCUT2D eigenvalue weighted by Crippen LogP contribution is 2.21. The van der Waals surface area contributed by atoms with Gasteiger partial charge in [-0.2, -0.15) is 0 Å². The van der Waals surface area contributed by atoms with Gasteiger partial charge in [0, 0.05) is 17.5 Å². The summed E-state index contributed by atoms with van der Waals surface area (Å²) in [4.78, 5) is 8.83.